The van der Waals surface area contributed by atoms with Crippen molar-refractivity contribution in [2.45, 2.75) is 4.90 Å². The van der Waals surface area contributed by atoms with Crippen molar-refractivity contribution in [1.29, 1.82) is 0 Å². The van der Waals surface area contributed by atoms with Crippen LogP contribution in [-0.2, 0) is 10.0 Å². The van der Waals surface area contributed by atoms with Crippen LogP contribution in [0.1, 0.15) is 10.4 Å². The van der Waals surface area contributed by atoms with Crippen molar-refractivity contribution in [1.82, 2.24) is 15.3 Å². The number of nitrogens with zero attached hydrogens (tertiary/aromatic N) is 2. The summed E-state index contributed by atoms with van der Waals surface area (Å²) in [6.07, 6.45) is 3.23. The average Bonchev–Trinajstić information content (AvgIpc) is 2.73. The third-order valence-electron chi connectivity index (χ3n) is 3.78. The number of rotatable bonds is 8. The summed E-state index contributed by atoms with van der Waals surface area (Å²) in [6.45, 7) is 0.808. The van der Waals surface area contributed by atoms with Gasteiger partial charge in [0, 0.05) is 41.8 Å². The van der Waals surface area contributed by atoms with Gasteiger partial charge in [-0.15, -0.1) is 0 Å². The van der Waals surface area contributed by atoms with E-state index in [-0.39, 0.29) is 10.8 Å². The highest BCUT2D eigenvalue weighted by Gasteiger charge is 2.15. The van der Waals surface area contributed by atoms with Gasteiger partial charge in [-0.3, -0.25) is 9.52 Å². The number of halogens is 1. The summed E-state index contributed by atoms with van der Waals surface area (Å²) in [4.78, 5) is 20.3. The Bertz CT molecular complexity index is 1060. The van der Waals surface area contributed by atoms with Crippen molar-refractivity contribution in [3.8, 4) is 0 Å². The topological polar surface area (TPSA) is 113 Å². The van der Waals surface area contributed by atoms with Crippen molar-refractivity contribution in [3.63, 3.8) is 0 Å². The number of hydrogen-bond donors (Lipinski definition) is 3. The van der Waals surface area contributed by atoms with Gasteiger partial charge < -0.3 is 10.6 Å². The van der Waals surface area contributed by atoms with Gasteiger partial charge in [0.05, 0.1) is 4.90 Å². The minimum Gasteiger partial charge on any atom is -0.352 e. The molecule has 0 aliphatic rings. The molecule has 29 heavy (non-hydrogen) atoms. The van der Waals surface area contributed by atoms with E-state index in [2.05, 4.69) is 25.3 Å². The second-order valence-corrected chi connectivity index (χ2v) is 8.01. The van der Waals surface area contributed by atoms with Gasteiger partial charge in [0.25, 0.3) is 15.9 Å². The van der Waals surface area contributed by atoms with Crippen molar-refractivity contribution in [2.24, 2.45) is 0 Å². The molecule has 1 heterocycles. The van der Waals surface area contributed by atoms with E-state index in [1.807, 2.05) is 0 Å². The molecule has 0 radical (unpaired) electrons. The zero-order valence-corrected chi connectivity index (χ0v) is 16.7. The minimum atomic E-state index is -3.77. The highest BCUT2D eigenvalue weighted by molar-refractivity contribution is 7.92. The monoisotopic (exact) mass is 431 g/mol. The van der Waals surface area contributed by atoms with Crippen LogP contribution in [0.5, 0.6) is 0 Å². The normalized spacial score (nSPS) is 10.9. The van der Waals surface area contributed by atoms with Gasteiger partial charge in [-0.1, -0.05) is 11.6 Å². The fourth-order valence-electron chi connectivity index (χ4n) is 2.36. The van der Waals surface area contributed by atoms with Crippen LogP contribution in [0.15, 0.2) is 71.9 Å². The maximum Gasteiger partial charge on any atom is 0.261 e. The van der Waals surface area contributed by atoms with Crippen LogP contribution in [0.25, 0.3) is 0 Å². The molecule has 150 valence electrons. The summed E-state index contributed by atoms with van der Waals surface area (Å²) < 4.78 is 27.4. The second-order valence-electron chi connectivity index (χ2n) is 5.89. The van der Waals surface area contributed by atoms with E-state index in [0.717, 1.165) is 0 Å². The number of nitrogens with one attached hydrogen (secondary N) is 3. The third kappa shape index (κ3) is 5.90. The maximum atomic E-state index is 12.4. The standard InChI is InChI=1S/C19H18ClN5O3S/c20-15-4-6-16(7-5-15)25-29(27,28)17-8-2-14(3-9-17)18(26)21-12-13-24-19-22-10-1-11-23-19/h1-11,25H,12-13H2,(H,21,26)(H,22,23,24). The number of hydrogen-bond acceptors (Lipinski definition) is 6. The first kappa shape index (κ1) is 20.6. The first-order valence-corrected chi connectivity index (χ1v) is 10.5. The van der Waals surface area contributed by atoms with E-state index in [1.165, 1.54) is 24.3 Å². The fraction of sp³-hybridized carbons (Fsp3) is 0.105. The summed E-state index contributed by atoms with van der Waals surface area (Å²) >= 11 is 5.80. The van der Waals surface area contributed by atoms with Gasteiger partial charge in [-0.2, -0.15) is 0 Å². The Labute approximate surface area is 173 Å². The zero-order valence-electron chi connectivity index (χ0n) is 15.2. The highest BCUT2D eigenvalue weighted by Crippen LogP contribution is 2.18. The van der Waals surface area contributed by atoms with Gasteiger partial charge >= 0.3 is 0 Å². The summed E-state index contributed by atoms with van der Waals surface area (Å²) in [5, 5.41) is 6.22. The molecule has 0 unspecified atom stereocenters. The van der Waals surface area contributed by atoms with Crippen LogP contribution < -0.4 is 15.4 Å². The predicted molar refractivity (Wildman–Crippen MR) is 112 cm³/mol. The van der Waals surface area contributed by atoms with Crippen molar-refractivity contribution in [3.05, 3.63) is 77.6 Å². The van der Waals surface area contributed by atoms with Crippen molar-refractivity contribution < 1.29 is 13.2 Å². The largest absolute Gasteiger partial charge is 0.352 e. The van der Waals surface area contributed by atoms with Crippen LogP contribution in [0.2, 0.25) is 5.02 Å². The quantitative estimate of drug-likeness (QED) is 0.473. The first-order chi connectivity index (χ1) is 13.9. The molecule has 0 bridgehead atoms. The lowest BCUT2D eigenvalue weighted by molar-refractivity contribution is 0.0955. The van der Waals surface area contributed by atoms with E-state index in [0.29, 0.717) is 35.3 Å². The number of anilines is 2. The number of carbonyl (C=O) groups is 1. The second kappa shape index (κ2) is 9.35. The van der Waals surface area contributed by atoms with Gasteiger partial charge in [0.2, 0.25) is 5.95 Å². The average molecular weight is 432 g/mol. The summed E-state index contributed by atoms with van der Waals surface area (Å²) in [5.41, 5.74) is 0.748. The zero-order chi connectivity index (χ0) is 20.7. The molecule has 0 spiro atoms. The Balaban J connectivity index is 1.54. The Morgan fingerprint density at radius 3 is 2.24 bits per heavy atom. The number of amides is 1. The Morgan fingerprint density at radius 2 is 1.59 bits per heavy atom. The highest BCUT2D eigenvalue weighted by atomic mass is 35.5. The lowest BCUT2D eigenvalue weighted by Gasteiger charge is -2.09. The molecular formula is C19H18ClN5O3S. The lowest BCUT2D eigenvalue weighted by Crippen LogP contribution is -2.29. The predicted octanol–water partition coefficient (Wildman–Crippen LogP) is 2.77. The Morgan fingerprint density at radius 1 is 0.931 bits per heavy atom. The summed E-state index contributed by atoms with van der Waals surface area (Å²) in [5.74, 6) is 0.167. The van der Waals surface area contributed by atoms with Crippen LogP contribution in [0.4, 0.5) is 11.6 Å². The molecule has 3 N–H and O–H groups in total. The van der Waals surface area contributed by atoms with E-state index in [1.54, 1.807) is 42.7 Å². The number of aromatic nitrogens is 2. The Kier molecular flexibility index (Phi) is 6.63. The fourth-order valence-corrected chi connectivity index (χ4v) is 3.54. The molecule has 0 aliphatic carbocycles. The van der Waals surface area contributed by atoms with Crippen LogP contribution in [-0.4, -0.2) is 37.4 Å². The smallest absolute Gasteiger partial charge is 0.261 e. The molecule has 3 rings (SSSR count). The molecule has 1 amide bonds. The molecule has 0 saturated heterocycles. The molecule has 3 aromatic rings. The van der Waals surface area contributed by atoms with E-state index in [9.17, 15) is 13.2 Å². The molecule has 1 aromatic heterocycles. The summed E-state index contributed by atoms with van der Waals surface area (Å²) in [7, 11) is -3.77. The van der Waals surface area contributed by atoms with Gasteiger partial charge in [0.1, 0.15) is 0 Å². The minimum absolute atomic E-state index is 0.0480. The molecular weight excluding hydrogens is 414 g/mol. The van der Waals surface area contributed by atoms with Crippen molar-refractivity contribution in [2.75, 3.05) is 23.1 Å². The molecule has 2 aromatic carbocycles. The first-order valence-electron chi connectivity index (χ1n) is 8.61. The van der Waals surface area contributed by atoms with Crippen LogP contribution in [0, 0.1) is 0 Å². The van der Waals surface area contributed by atoms with E-state index >= 15 is 0 Å². The molecule has 0 saturated carbocycles. The summed E-state index contributed by atoms with van der Waals surface area (Å²) in [6, 6.07) is 13.7. The third-order valence-corrected chi connectivity index (χ3v) is 5.43. The lowest BCUT2D eigenvalue weighted by atomic mass is 10.2. The Hall–Kier alpha value is -3.17. The number of carbonyl (C=O) groups excluding carboxylic acids is 1. The van der Waals surface area contributed by atoms with E-state index in [4.69, 9.17) is 11.6 Å². The van der Waals surface area contributed by atoms with E-state index < -0.39 is 10.0 Å². The number of benzene rings is 2. The number of sulfonamides is 1. The molecule has 0 aliphatic heterocycles. The maximum absolute atomic E-state index is 12.4. The van der Waals surface area contributed by atoms with Gasteiger partial charge in [-0.05, 0) is 54.6 Å². The molecule has 0 fully saturated rings. The van der Waals surface area contributed by atoms with Crippen molar-refractivity contribution >= 4 is 39.2 Å². The SMILES string of the molecule is O=C(NCCNc1ncccn1)c1ccc(S(=O)(=O)Nc2ccc(Cl)cc2)cc1. The van der Waals surface area contributed by atoms with Gasteiger partial charge in [0.15, 0.2) is 0 Å². The van der Waals surface area contributed by atoms with Crippen LogP contribution in [0.3, 0.4) is 0 Å². The van der Waals surface area contributed by atoms with Gasteiger partial charge in [-0.25, -0.2) is 18.4 Å². The molecule has 0 atom stereocenters. The molecule has 8 nitrogen and oxygen atoms in total. The van der Waals surface area contributed by atoms with Crippen LogP contribution >= 0.6 is 11.6 Å². The molecule has 10 heteroatoms.